The van der Waals surface area contributed by atoms with Gasteiger partial charge in [-0.15, -0.1) is 0 Å². The molecule has 0 aliphatic heterocycles. The molecule has 1 aromatic heterocycles. The summed E-state index contributed by atoms with van der Waals surface area (Å²) in [6, 6.07) is 10.8. The number of anilines is 1. The van der Waals surface area contributed by atoms with Crippen LogP contribution in [0.3, 0.4) is 0 Å². The number of sulfonamides is 1. The lowest BCUT2D eigenvalue weighted by Gasteiger charge is -2.23. The van der Waals surface area contributed by atoms with Crippen LogP contribution in [-0.4, -0.2) is 43.8 Å². The first-order valence-corrected chi connectivity index (χ1v) is 10.6. The second kappa shape index (κ2) is 8.23. The van der Waals surface area contributed by atoms with E-state index in [9.17, 15) is 18.0 Å². The molecule has 0 unspecified atom stereocenters. The Morgan fingerprint density at radius 2 is 1.67 bits per heavy atom. The molecule has 0 spiro atoms. The van der Waals surface area contributed by atoms with Crippen molar-refractivity contribution in [2.75, 3.05) is 24.6 Å². The minimum atomic E-state index is -4.13. The lowest BCUT2D eigenvalue weighted by Crippen LogP contribution is -2.36. The third-order valence-corrected chi connectivity index (χ3v) is 6.54. The number of carbonyl (C=O) groups is 1. The maximum atomic E-state index is 13.4. The molecular formula is C20H23N3O6S. The summed E-state index contributed by atoms with van der Waals surface area (Å²) in [5.74, 6) is -0.127. The van der Waals surface area contributed by atoms with E-state index < -0.39 is 22.5 Å². The van der Waals surface area contributed by atoms with Gasteiger partial charge >= 0.3 is 11.7 Å². The third kappa shape index (κ3) is 3.78. The van der Waals surface area contributed by atoms with Gasteiger partial charge in [-0.3, -0.25) is 18.2 Å². The number of fused-ring (bicyclic) bond motifs is 1. The lowest BCUT2D eigenvalue weighted by molar-refractivity contribution is -0.138. The number of benzene rings is 2. The molecule has 1 heterocycles. The number of rotatable bonds is 7. The fraction of sp³-hybridized carbons (Fsp3) is 0.300. The molecule has 0 amide bonds. The molecule has 0 aliphatic rings. The quantitative estimate of drug-likeness (QED) is 0.525. The highest BCUT2D eigenvalue weighted by atomic mass is 32.2. The van der Waals surface area contributed by atoms with Crippen molar-refractivity contribution in [2.24, 2.45) is 14.1 Å². The Morgan fingerprint density at radius 3 is 2.27 bits per heavy atom. The van der Waals surface area contributed by atoms with Crippen LogP contribution in [-0.2, 0) is 33.7 Å². The van der Waals surface area contributed by atoms with Gasteiger partial charge in [0.1, 0.15) is 12.3 Å². The number of imidazole rings is 1. The van der Waals surface area contributed by atoms with Crippen LogP contribution in [0, 0.1) is 0 Å². The van der Waals surface area contributed by atoms with Gasteiger partial charge in [-0.25, -0.2) is 13.2 Å². The summed E-state index contributed by atoms with van der Waals surface area (Å²) in [6.45, 7) is 1.81. The zero-order valence-corrected chi connectivity index (χ0v) is 18.0. The largest absolute Gasteiger partial charge is 0.494 e. The van der Waals surface area contributed by atoms with E-state index in [4.69, 9.17) is 4.74 Å². The predicted molar refractivity (Wildman–Crippen MR) is 112 cm³/mol. The molecule has 0 N–H and O–H groups in total. The van der Waals surface area contributed by atoms with E-state index >= 15 is 0 Å². The zero-order valence-electron chi connectivity index (χ0n) is 17.2. The van der Waals surface area contributed by atoms with Gasteiger partial charge in [-0.1, -0.05) is 0 Å². The number of aryl methyl sites for hydroxylation is 2. The molecule has 160 valence electrons. The minimum Gasteiger partial charge on any atom is -0.494 e. The van der Waals surface area contributed by atoms with Gasteiger partial charge in [0.05, 0.1) is 35.3 Å². The molecule has 0 radical (unpaired) electrons. The Balaban J connectivity index is 2.11. The second-order valence-electron chi connectivity index (χ2n) is 6.57. The van der Waals surface area contributed by atoms with Crippen molar-refractivity contribution in [1.29, 1.82) is 0 Å². The van der Waals surface area contributed by atoms with Crippen molar-refractivity contribution >= 4 is 32.7 Å². The smallest absolute Gasteiger partial charge is 0.328 e. The third-order valence-electron chi connectivity index (χ3n) is 4.77. The van der Waals surface area contributed by atoms with Gasteiger partial charge < -0.3 is 9.47 Å². The number of aromatic nitrogens is 2. The Hall–Kier alpha value is -3.27. The fourth-order valence-electron chi connectivity index (χ4n) is 3.15. The summed E-state index contributed by atoms with van der Waals surface area (Å²) >= 11 is 0. The van der Waals surface area contributed by atoms with Gasteiger partial charge in [-0.05, 0) is 49.4 Å². The van der Waals surface area contributed by atoms with Crippen LogP contribution in [0.1, 0.15) is 6.92 Å². The van der Waals surface area contributed by atoms with Crippen LogP contribution in [0.25, 0.3) is 11.0 Å². The Bertz CT molecular complexity index is 1240. The summed E-state index contributed by atoms with van der Waals surface area (Å²) in [7, 11) is 0.245. The molecule has 0 bridgehead atoms. The summed E-state index contributed by atoms with van der Waals surface area (Å²) in [5, 5.41) is 0. The van der Waals surface area contributed by atoms with E-state index in [1.807, 2.05) is 6.92 Å². The number of methoxy groups -OCH3 is 1. The molecule has 0 saturated carbocycles. The average molecular weight is 433 g/mol. The SMILES string of the molecule is CCOc1ccc(N(CC(=O)OC)S(=O)(=O)c2ccc3c(c2)n(C)c(=O)n3C)cc1. The summed E-state index contributed by atoms with van der Waals surface area (Å²) < 4.78 is 40.7. The molecule has 10 heteroatoms. The summed E-state index contributed by atoms with van der Waals surface area (Å²) in [4.78, 5) is 24.1. The van der Waals surface area contributed by atoms with E-state index in [0.717, 1.165) is 4.31 Å². The standard InChI is InChI=1S/C20H23N3O6S/c1-5-29-15-8-6-14(7-9-15)23(13-19(24)28-4)30(26,27)16-10-11-17-18(12-16)22(3)20(25)21(17)2/h6-12H,5,13H2,1-4H3. The van der Waals surface area contributed by atoms with Gasteiger partial charge in [0.2, 0.25) is 0 Å². The molecule has 0 atom stereocenters. The van der Waals surface area contributed by atoms with E-state index in [1.54, 1.807) is 44.4 Å². The van der Waals surface area contributed by atoms with Crippen LogP contribution in [0.4, 0.5) is 5.69 Å². The number of hydrogen-bond donors (Lipinski definition) is 0. The van der Waals surface area contributed by atoms with Crippen LogP contribution >= 0.6 is 0 Å². The lowest BCUT2D eigenvalue weighted by atomic mass is 10.3. The van der Waals surface area contributed by atoms with E-state index in [1.165, 1.54) is 28.4 Å². The van der Waals surface area contributed by atoms with Crippen molar-refractivity contribution in [3.63, 3.8) is 0 Å². The van der Waals surface area contributed by atoms with Crippen LogP contribution in [0.5, 0.6) is 5.75 Å². The number of esters is 1. The normalized spacial score (nSPS) is 11.5. The molecule has 0 fully saturated rings. The molecule has 0 aliphatic carbocycles. The van der Waals surface area contributed by atoms with E-state index in [2.05, 4.69) is 4.74 Å². The molecule has 3 aromatic rings. The van der Waals surface area contributed by atoms with Crippen molar-refractivity contribution in [2.45, 2.75) is 11.8 Å². The predicted octanol–water partition coefficient (Wildman–Crippen LogP) is 1.64. The fourth-order valence-corrected chi connectivity index (χ4v) is 4.58. The van der Waals surface area contributed by atoms with Crippen molar-refractivity contribution in [1.82, 2.24) is 9.13 Å². The maximum Gasteiger partial charge on any atom is 0.328 e. The van der Waals surface area contributed by atoms with Gasteiger partial charge in [0.25, 0.3) is 10.0 Å². The average Bonchev–Trinajstić information content (AvgIpc) is 2.96. The van der Waals surface area contributed by atoms with E-state index in [-0.39, 0.29) is 16.3 Å². The Labute approximate surface area is 174 Å². The minimum absolute atomic E-state index is 0.0472. The molecule has 0 saturated heterocycles. The Kier molecular flexibility index (Phi) is 5.88. The highest BCUT2D eigenvalue weighted by Crippen LogP contribution is 2.27. The van der Waals surface area contributed by atoms with Gasteiger partial charge in [-0.2, -0.15) is 0 Å². The summed E-state index contributed by atoms with van der Waals surface area (Å²) in [5.41, 5.74) is 1.08. The first-order chi connectivity index (χ1) is 14.2. The molecule has 2 aromatic carbocycles. The number of carbonyl (C=O) groups excluding carboxylic acids is 1. The van der Waals surface area contributed by atoms with Gasteiger partial charge in [0, 0.05) is 14.1 Å². The Morgan fingerprint density at radius 1 is 1.03 bits per heavy atom. The molecule has 3 rings (SSSR count). The number of nitrogens with zero attached hydrogens (tertiary/aromatic N) is 3. The first kappa shape index (κ1) is 21.4. The van der Waals surface area contributed by atoms with Crippen molar-refractivity contribution < 1.29 is 22.7 Å². The van der Waals surface area contributed by atoms with Crippen LogP contribution in [0.2, 0.25) is 0 Å². The molecule has 30 heavy (non-hydrogen) atoms. The van der Waals surface area contributed by atoms with Crippen molar-refractivity contribution in [3.8, 4) is 5.75 Å². The van der Waals surface area contributed by atoms with Crippen LogP contribution < -0.4 is 14.7 Å². The highest BCUT2D eigenvalue weighted by molar-refractivity contribution is 7.92. The first-order valence-electron chi connectivity index (χ1n) is 9.18. The highest BCUT2D eigenvalue weighted by Gasteiger charge is 2.28. The van der Waals surface area contributed by atoms with E-state index in [0.29, 0.717) is 23.4 Å². The number of ether oxygens (including phenoxy) is 2. The van der Waals surface area contributed by atoms with Crippen LogP contribution in [0.15, 0.2) is 52.2 Å². The van der Waals surface area contributed by atoms with Crippen molar-refractivity contribution in [3.05, 3.63) is 52.9 Å². The van der Waals surface area contributed by atoms with Gasteiger partial charge in [0.15, 0.2) is 0 Å². The molecule has 9 nitrogen and oxygen atoms in total. The topological polar surface area (TPSA) is 99.8 Å². The maximum absolute atomic E-state index is 13.4. The molecular weight excluding hydrogens is 410 g/mol. The summed E-state index contributed by atoms with van der Waals surface area (Å²) in [6.07, 6.45) is 0. The second-order valence-corrected chi connectivity index (χ2v) is 8.43. The number of hydrogen-bond acceptors (Lipinski definition) is 6. The zero-order chi connectivity index (χ0) is 22.1. The monoisotopic (exact) mass is 433 g/mol.